The summed E-state index contributed by atoms with van der Waals surface area (Å²) in [5.41, 5.74) is 2.51. The highest BCUT2D eigenvalue weighted by Gasteiger charge is 2.50. The average molecular weight is 336 g/mol. The van der Waals surface area contributed by atoms with Crippen molar-refractivity contribution in [2.24, 2.45) is 5.92 Å². The molecule has 0 spiro atoms. The van der Waals surface area contributed by atoms with Crippen LogP contribution < -0.4 is 0 Å². The van der Waals surface area contributed by atoms with Crippen LogP contribution in [0.25, 0.3) is 0 Å². The van der Waals surface area contributed by atoms with E-state index in [0.29, 0.717) is 22.8 Å². The van der Waals surface area contributed by atoms with Gasteiger partial charge >= 0.3 is 0 Å². The van der Waals surface area contributed by atoms with Crippen molar-refractivity contribution in [3.05, 3.63) is 29.3 Å². The molecule has 1 aromatic rings. The molecule has 1 aliphatic heterocycles. The number of aryl methyl sites for hydroxylation is 1. The maximum absolute atomic E-state index is 11.9. The maximum atomic E-state index is 11.9. The van der Waals surface area contributed by atoms with E-state index < -0.39 is 9.84 Å². The van der Waals surface area contributed by atoms with Crippen LogP contribution in [0.2, 0.25) is 0 Å². The molecule has 0 radical (unpaired) electrons. The smallest absolute Gasteiger partial charge is 0.175 e. The topological polar surface area (TPSA) is 37.1 Å². The Morgan fingerprint density at radius 3 is 2.52 bits per heavy atom. The van der Waals surface area contributed by atoms with Gasteiger partial charge in [-0.1, -0.05) is 25.8 Å². The number of hydrogen-bond donors (Lipinski definition) is 0. The molecule has 2 fully saturated rings. The summed E-state index contributed by atoms with van der Waals surface area (Å²) in [5.74, 6) is 1.18. The Balaban J connectivity index is 1.95. The number of likely N-dealkylation sites (N-methyl/N-ethyl adjacent to an activating group) is 1. The Hall–Kier alpha value is -0.870. The van der Waals surface area contributed by atoms with Gasteiger partial charge in [0, 0.05) is 18.3 Å². The summed E-state index contributed by atoms with van der Waals surface area (Å²) < 4.78 is 23.9. The molecule has 1 heterocycles. The Bertz CT molecular complexity index is 683. The van der Waals surface area contributed by atoms with E-state index in [4.69, 9.17) is 0 Å². The third-order valence-corrected chi connectivity index (χ3v) is 7.16. The number of nitrogens with zero attached hydrogens (tertiary/aromatic N) is 1. The van der Waals surface area contributed by atoms with Gasteiger partial charge in [0.2, 0.25) is 0 Å². The van der Waals surface area contributed by atoms with Gasteiger partial charge in [0.25, 0.3) is 0 Å². The average Bonchev–Trinajstić information content (AvgIpc) is 3.16. The number of benzene rings is 1. The third-order valence-electron chi connectivity index (χ3n) is 6.05. The van der Waals surface area contributed by atoms with Gasteiger partial charge in [0.1, 0.15) is 0 Å². The summed E-state index contributed by atoms with van der Waals surface area (Å²) in [6.45, 7) is 4.40. The van der Waals surface area contributed by atoms with Crippen LogP contribution in [-0.2, 0) is 9.84 Å². The van der Waals surface area contributed by atoms with E-state index in [1.165, 1.54) is 49.5 Å². The molecule has 1 aliphatic carbocycles. The maximum Gasteiger partial charge on any atom is 0.175 e. The van der Waals surface area contributed by atoms with Crippen LogP contribution in [0.3, 0.4) is 0 Å². The van der Waals surface area contributed by atoms with Crippen molar-refractivity contribution in [1.29, 1.82) is 0 Å². The molecule has 3 nitrogen and oxygen atoms in total. The lowest BCUT2D eigenvalue weighted by Gasteiger charge is -2.33. The first-order valence-corrected chi connectivity index (χ1v) is 10.8. The van der Waals surface area contributed by atoms with Crippen molar-refractivity contribution < 1.29 is 8.42 Å². The van der Waals surface area contributed by atoms with Gasteiger partial charge in [0.05, 0.1) is 4.90 Å². The molecule has 1 saturated carbocycles. The van der Waals surface area contributed by atoms with E-state index in [1.54, 1.807) is 6.07 Å². The second kappa shape index (κ2) is 6.21. The highest BCUT2D eigenvalue weighted by molar-refractivity contribution is 7.90. The van der Waals surface area contributed by atoms with Crippen molar-refractivity contribution in [3.63, 3.8) is 0 Å². The molecule has 5 atom stereocenters. The largest absolute Gasteiger partial charge is 0.297 e. The van der Waals surface area contributed by atoms with Crippen molar-refractivity contribution in [2.75, 3.05) is 13.3 Å². The Kier molecular flexibility index (Phi) is 4.58. The van der Waals surface area contributed by atoms with Crippen molar-refractivity contribution in [2.45, 2.75) is 68.8 Å². The molecule has 0 bridgehead atoms. The minimum Gasteiger partial charge on any atom is -0.297 e. The van der Waals surface area contributed by atoms with Crippen LogP contribution in [0.15, 0.2) is 23.1 Å². The first-order valence-electron chi connectivity index (χ1n) is 8.87. The number of sulfone groups is 1. The molecule has 128 valence electrons. The van der Waals surface area contributed by atoms with Crippen molar-refractivity contribution in [1.82, 2.24) is 4.90 Å². The lowest BCUT2D eigenvalue weighted by atomic mass is 9.72. The SMILES string of the molecule is CCC1[C@@H]([C@H]2CCCCC2c2cc(S(C)(=O)=O)ccc2C)N1C. The standard InChI is InChI=1S/C19H29NO2S/c1-5-18-19(20(18)3)16-9-7-6-8-15(16)17-12-14(23(4,21)22)11-10-13(17)2/h10-12,15-16,18-19H,5-9H2,1-4H3/t15?,16-,18?,19+,20?/m0/s1. The highest BCUT2D eigenvalue weighted by atomic mass is 32.2. The van der Waals surface area contributed by atoms with Crippen LogP contribution in [-0.4, -0.2) is 38.7 Å². The van der Waals surface area contributed by atoms with Crippen molar-refractivity contribution >= 4 is 9.84 Å². The molecule has 4 heteroatoms. The van der Waals surface area contributed by atoms with E-state index >= 15 is 0 Å². The fraction of sp³-hybridized carbons (Fsp3) is 0.684. The van der Waals surface area contributed by atoms with Gasteiger partial charge < -0.3 is 0 Å². The van der Waals surface area contributed by atoms with Crippen LogP contribution in [0.4, 0.5) is 0 Å². The zero-order valence-electron chi connectivity index (χ0n) is 14.7. The van der Waals surface area contributed by atoms with Crippen LogP contribution in [0.5, 0.6) is 0 Å². The molecule has 3 unspecified atom stereocenters. The highest BCUT2D eigenvalue weighted by Crippen LogP contribution is 2.48. The van der Waals surface area contributed by atoms with Gasteiger partial charge in [-0.2, -0.15) is 0 Å². The minimum absolute atomic E-state index is 0.471. The molecule has 23 heavy (non-hydrogen) atoms. The monoisotopic (exact) mass is 335 g/mol. The predicted octanol–water partition coefficient (Wildman–Crippen LogP) is 3.76. The van der Waals surface area contributed by atoms with E-state index in [-0.39, 0.29) is 0 Å². The van der Waals surface area contributed by atoms with Crippen LogP contribution in [0, 0.1) is 12.8 Å². The molecule has 0 aromatic heterocycles. The van der Waals surface area contributed by atoms with E-state index in [9.17, 15) is 8.42 Å². The Morgan fingerprint density at radius 2 is 1.91 bits per heavy atom. The normalized spacial score (nSPS) is 34.3. The summed E-state index contributed by atoms with van der Waals surface area (Å²) in [6, 6.07) is 7.11. The second-order valence-electron chi connectivity index (χ2n) is 7.48. The Labute approximate surface area is 141 Å². The quantitative estimate of drug-likeness (QED) is 0.786. The Morgan fingerprint density at radius 1 is 1.22 bits per heavy atom. The van der Waals surface area contributed by atoms with Crippen LogP contribution >= 0.6 is 0 Å². The lowest BCUT2D eigenvalue weighted by Crippen LogP contribution is -2.25. The fourth-order valence-electron chi connectivity index (χ4n) is 4.75. The second-order valence-corrected chi connectivity index (χ2v) is 9.49. The molecule has 0 amide bonds. The minimum atomic E-state index is -3.14. The van der Waals surface area contributed by atoms with E-state index in [0.717, 1.165) is 6.04 Å². The molecule has 2 aliphatic rings. The summed E-state index contributed by atoms with van der Waals surface area (Å²) in [4.78, 5) is 2.98. The number of rotatable bonds is 4. The lowest BCUT2D eigenvalue weighted by molar-refractivity contribution is 0.278. The first kappa shape index (κ1) is 17.0. The van der Waals surface area contributed by atoms with Crippen molar-refractivity contribution in [3.8, 4) is 0 Å². The third kappa shape index (κ3) is 3.20. The van der Waals surface area contributed by atoms with Gasteiger partial charge in [-0.05, 0) is 68.3 Å². The summed E-state index contributed by atoms with van der Waals surface area (Å²) >= 11 is 0. The summed E-state index contributed by atoms with van der Waals surface area (Å²) in [6.07, 6.45) is 7.57. The van der Waals surface area contributed by atoms with Gasteiger partial charge in [0.15, 0.2) is 9.84 Å². The van der Waals surface area contributed by atoms with Gasteiger partial charge in [-0.25, -0.2) is 8.42 Å². The molecule has 1 saturated heterocycles. The van der Waals surface area contributed by atoms with Gasteiger partial charge in [-0.3, -0.25) is 4.90 Å². The van der Waals surface area contributed by atoms with E-state index in [1.807, 2.05) is 12.1 Å². The van der Waals surface area contributed by atoms with Crippen LogP contribution in [0.1, 0.15) is 56.1 Å². The first-order chi connectivity index (χ1) is 10.8. The predicted molar refractivity (Wildman–Crippen MR) is 94.6 cm³/mol. The molecular formula is C19H29NO2S. The molecular weight excluding hydrogens is 306 g/mol. The van der Waals surface area contributed by atoms with Gasteiger partial charge in [-0.15, -0.1) is 0 Å². The molecule has 0 N–H and O–H groups in total. The fourth-order valence-corrected chi connectivity index (χ4v) is 5.41. The zero-order chi connectivity index (χ0) is 16.8. The summed E-state index contributed by atoms with van der Waals surface area (Å²) in [5, 5.41) is 0. The zero-order valence-corrected chi connectivity index (χ0v) is 15.6. The number of hydrogen-bond acceptors (Lipinski definition) is 3. The van der Waals surface area contributed by atoms with E-state index in [2.05, 4.69) is 25.8 Å². The molecule has 1 aromatic carbocycles. The molecule has 3 rings (SSSR count). The summed E-state index contributed by atoms with van der Waals surface area (Å²) in [7, 11) is -0.899.